The lowest BCUT2D eigenvalue weighted by Gasteiger charge is -2.24. The zero-order valence-corrected chi connectivity index (χ0v) is 24.7. The highest BCUT2D eigenvalue weighted by Crippen LogP contribution is 2.29. The van der Waals surface area contributed by atoms with Crippen LogP contribution in [0.4, 0.5) is 5.69 Å². The lowest BCUT2D eigenvalue weighted by molar-refractivity contribution is -0.119. The second-order valence-electron chi connectivity index (χ2n) is 9.08. The first kappa shape index (κ1) is 29.2. The molecule has 0 spiro atoms. The number of aromatic nitrogens is 1. The van der Waals surface area contributed by atoms with Crippen molar-refractivity contribution in [2.45, 2.75) is 25.7 Å². The quantitative estimate of drug-likeness (QED) is 0.187. The Labute approximate surface area is 243 Å². The lowest BCUT2D eigenvalue weighted by Crippen LogP contribution is -2.39. The van der Waals surface area contributed by atoms with Crippen molar-refractivity contribution >= 4 is 51.0 Å². The molecule has 1 N–H and O–H groups in total. The van der Waals surface area contributed by atoms with Crippen LogP contribution in [0.5, 0.6) is 5.75 Å². The molecule has 0 aliphatic carbocycles. The molecule has 4 aromatic rings. The number of carbonyl (C=O) groups is 1. The Hall–Kier alpha value is -3.79. The Balaban J connectivity index is 1.58. The van der Waals surface area contributed by atoms with Gasteiger partial charge in [0, 0.05) is 28.0 Å². The topological polar surface area (TPSA) is 93.0 Å². The maximum absolute atomic E-state index is 13.6. The Morgan fingerprint density at radius 2 is 1.75 bits per heavy atom. The van der Waals surface area contributed by atoms with Gasteiger partial charge in [0.05, 0.1) is 34.6 Å². The van der Waals surface area contributed by atoms with E-state index in [1.54, 1.807) is 54.6 Å². The molecule has 11 heteroatoms. The van der Waals surface area contributed by atoms with E-state index in [1.165, 1.54) is 25.5 Å². The number of methoxy groups -OCH3 is 1. The molecule has 1 heterocycles. The minimum Gasteiger partial charge on any atom is -0.497 e. The number of halogens is 2. The van der Waals surface area contributed by atoms with Crippen LogP contribution in [0.15, 0.2) is 82.8 Å². The summed E-state index contributed by atoms with van der Waals surface area (Å²) in [6.07, 6.45) is 1.50. The van der Waals surface area contributed by atoms with E-state index in [1.807, 2.05) is 31.4 Å². The first-order valence-electron chi connectivity index (χ1n) is 12.2. The van der Waals surface area contributed by atoms with E-state index >= 15 is 0 Å². The van der Waals surface area contributed by atoms with Crippen LogP contribution in [-0.4, -0.2) is 38.8 Å². The van der Waals surface area contributed by atoms with Crippen molar-refractivity contribution < 1.29 is 17.9 Å². The number of rotatable bonds is 9. The molecule has 0 radical (unpaired) electrons. The van der Waals surface area contributed by atoms with Gasteiger partial charge in [-0.2, -0.15) is 5.10 Å². The summed E-state index contributed by atoms with van der Waals surface area (Å²) >= 11 is 12.6. The third kappa shape index (κ3) is 6.33. The summed E-state index contributed by atoms with van der Waals surface area (Å²) in [5, 5.41) is 5.18. The van der Waals surface area contributed by atoms with Crippen LogP contribution in [0, 0.1) is 20.8 Å². The molecule has 0 unspecified atom stereocenters. The Morgan fingerprint density at radius 3 is 2.45 bits per heavy atom. The second-order valence-corrected chi connectivity index (χ2v) is 11.8. The molecule has 0 aliphatic rings. The van der Waals surface area contributed by atoms with Gasteiger partial charge < -0.3 is 9.30 Å². The third-order valence-corrected chi connectivity index (χ3v) is 8.59. The minimum absolute atomic E-state index is 0.0596. The molecule has 208 valence electrons. The monoisotopic (exact) mass is 598 g/mol. The van der Waals surface area contributed by atoms with Crippen molar-refractivity contribution in [2.75, 3.05) is 18.0 Å². The number of amides is 1. The zero-order chi connectivity index (χ0) is 29.0. The highest BCUT2D eigenvalue weighted by molar-refractivity contribution is 7.92. The number of hydrogen-bond acceptors (Lipinski definition) is 5. The van der Waals surface area contributed by atoms with Crippen LogP contribution >= 0.6 is 23.2 Å². The molecule has 0 atom stereocenters. The molecule has 40 heavy (non-hydrogen) atoms. The molecule has 0 fully saturated rings. The zero-order valence-electron chi connectivity index (χ0n) is 22.4. The maximum atomic E-state index is 13.6. The van der Waals surface area contributed by atoms with E-state index in [0.29, 0.717) is 15.8 Å². The summed E-state index contributed by atoms with van der Waals surface area (Å²) in [6, 6.07) is 20.0. The van der Waals surface area contributed by atoms with Crippen molar-refractivity contribution in [2.24, 2.45) is 5.10 Å². The number of nitrogens with zero attached hydrogens (tertiary/aromatic N) is 3. The van der Waals surface area contributed by atoms with E-state index in [0.717, 1.165) is 32.5 Å². The van der Waals surface area contributed by atoms with Crippen LogP contribution < -0.4 is 14.5 Å². The summed E-state index contributed by atoms with van der Waals surface area (Å²) in [7, 11) is -2.59. The smallest absolute Gasteiger partial charge is 0.264 e. The molecule has 0 aliphatic heterocycles. The maximum Gasteiger partial charge on any atom is 0.264 e. The third-order valence-electron chi connectivity index (χ3n) is 6.25. The van der Waals surface area contributed by atoms with Gasteiger partial charge in [-0.1, -0.05) is 47.0 Å². The van der Waals surface area contributed by atoms with Crippen LogP contribution in [-0.2, 0) is 14.8 Å². The number of nitrogens with one attached hydrogen (secondary N) is 1. The summed E-state index contributed by atoms with van der Waals surface area (Å²) in [6.45, 7) is 5.18. The second kappa shape index (κ2) is 12.2. The Bertz CT molecular complexity index is 1680. The van der Waals surface area contributed by atoms with Gasteiger partial charge in [0.2, 0.25) is 0 Å². The molecule has 0 bridgehead atoms. The SMILES string of the molecule is COc1cccc(N(CC(=O)N/N=C/c2cc(C)n(-c3cc(Cl)ccc3Cl)c2C)S(=O)(=O)c2ccc(C)cc2)c1. The highest BCUT2D eigenvalue weighted by Gasteiger charge is 2.27. The fourth-order valence-corrected chi connectivity index (χ4v) is 5.99. The van der Waals surface area contributed by atoms with Gasteiger partial charge in [-0.3, -0.25) is 9.10 Å². The Morgan fingerprint density at radius 1 is 1.02 bits per heavy atom. The van der Waals surface area contributed by atoms with Crippen molar-refractivity contribution in [3.05, 3.63) is 105 Å². The van der Waals surface area contributed by atoms with Crippen LogP contribution in [0.1, 0.15) is 22.5 Å². The number of carbonyl (C=O) groups excluding carboxylic acids is 1. The van der Waals surface area contributed by atoms with Crippen LogP contribution in [0.3, 0.4) is 0 Å². The summed E-state index contributed by atoms with van der Waals surface area (Å²) in [4.78, 5) is 13.0. The molecular weight excluding hydrogens is 571 g/mol. The first-order chi connectivity index (χ1) is 19.0. The van der Waals surface area contributed by atoms with Gasteiger partial charge in [-0.25, -0.2) is 13.8 Å². The van der Waals surface area contributed by atoms with E-state index in [9.17, 15) is 13.2 Å². The van der Waals surface area contributed by atoms with Crippen LogP contribution in [0.2, 0.25) is 10.0 Å². The largest absolute Gasteiger partial charge is 0.497 e. The Kier molecular flexibility index (Phi) is 8.88. The number of hydrogen-bond donors (Lipinski definition) is 1. The van der Waals surface area contributed by atoms with Gasteiger partial charge in [0.25, 0.3) is 15.9 Å². The van der Waals surface area contributed by atoms with Crippen molar-refractivity contribution in [1.82, 2.24) is 9.99 Å². The number of benzene rings is 3. The molecule has 0 saturated carbocycles. The van der Waals surface area contributed by atoms with Crippen molar-refractivity contribution in [3.63, 3.8) is 0 Å². The average molecular weight is 600 g/mol. The lowest BCUT2D eigenvalue weighted by atomic mass is 10.2. The van der Waals surface area contributed by atoms with E-state index in [2.05, 4.69) is 10.5 Å². The number of sulfonamides is 1. The van der Waals surface area contributed by atoms with E-state index < -0.39 is 22.5 Å². The van der Waals surface area contributed by atoms with Gasteiger partial charge >= 0.3 is 0 Å². The number of anilines is 1. The summed E-state index contributed by atoms with van der Waals surface area (Å²) in [5.41, 5.74) is 6.83. The number of aryl methyl sites for hydroxylation is 2. The molecule has 0 saturated heterocycles. The van der Waals surface area contributed by atoms with Gasteiger partial charge in [0.15, 0.2) is 0 Å². The molecule has 4 rings (SSSR count). The minimum atomic E-state index is -4.08. The number of hydrazone groups is 1. The number of ether oxygens (including phenoxy) is 1. The predicted octanol–water partition coefficient (Wildman–Crippen LogP) is 6.06. The highest BCUT2D eigenvalue weighted by atomic mass is 35.5. The normalized spacial score (nSPS) is 11.6. The average Bonchev–Trinajstić information content (AvgIpc) is 3.21. The van der Waals surface area contributed by atoms with Gasteiger partial charge in [-0.15, -0.1) is 0 Å². The van der Waals surface area contributed by atoms with Crippen LogP contribution in [0.25, 0.3) is 5.69 Å². The predicted molar refractivity (Wildman–Crippen MR) is 160 cm³/mol. The van der Waals surface area contributed by atoms with Crippen molar-refractivity contribution in [1.29, 1.82) is 0 Å². The molecule has 1 aromatic heterocycles. The standard InChI is InChI=1S/C29H28Cl2N4O4S/c1-19-8-11-26(12-9-19)40(37,38)34(24-6-5-7-25(16-24)39-4)18-29(36)33-32-17-22-14-20(2)35(21(22)3)28-15-23(30)10-13-27(28)31/h5-17H,18H2,1-4H3,(H,33,36)/b32-17+. The van der Waals surface area contributed by atoms with E-state index in [-0.39, 0.29) is 10.6 Å². The van der Waals surface area contributed by atoms with Gasteiger partial charge in [0.1, 0.15) is 12.3 Å². The molecule has 1 amide bonds. The molecule has 8 nitrogen and oxygen atoms in total. The van der Waals surface area contributed by atoms with E-state index in [4.69, 9.17) is 27.9 Å². The van der Waals surface area contributed by atoms with Gasteiger partial charge in [-0.05, 0) is 69.3 Å². The molecular formula is C29H28Cl2N4O4S. The summed E-state index contributed by atoms with van der Waals surface area (Å²) < 4.78 is 35.4. The molecule has 3 aromatic carbocycles. The fourth-order valence-electron chi connectivity index (χ4n) is 4.20. The van der Waals surface area contributed by atoms with Crippen molar-refractivity contribution in [3.8, 4) is 11.4 Å². The first-order valence-corrected chi connectivity index (χ1v) is 14.4. The summed E-state index contributed by atoms with van der Waals surface area (Å²) in [5.74, 6) is -0.170. The fraction of sp³-hybridized carbons (Fsp3) is 0.172.